The van der Waals surface area contributed by atoms with Crippen LogP contribution in [0, 0.1) is 23.1 Å². The number of hydrogen-bond acceptors (Lipinski definition) is 3. The fourth-order valence-corrected chi connectivity index (χ4v) is 1.83. The number of nitrogens with zero attached hydrogens (tertiary/aromatic N) is 1. The molecule has 1 aromatic rings. The minimum Gasteiger partial charge on any atom is -0.396 e. The van der Waals surface area contributed by atoms with Crippen molar-refractivity contribution in [3.63, 3.8) is 0 Å². The monoisotopic (exact) mass is 250 g/mol. The molecule has 3 nitrogen and oxygen atoms in total. The average molecular weight is 250 g/mol. The molecule has 0 radical (unpaired) electrons. The van der Waals surface area contributed by atoms with E-state index in [9.17, 15) is 4.39 Å². The Labute approximate surface area is 107 Å². The van der Waals surface area contributed by atoms with E-state index in [2.05, 4.69) is 19.2 Å². The second-order valence-electron chi connectivity index (χ2n) is 4.67. The summed E-state index contributed by atoms with van der Waals surface area (Å²) in [5.41, 5.74) is 0.939. The second-order valence-corrected chi connectivity index (χ2v) is 4.67. The van der Waals surface area contributed by atoms with E-state index >= 15 is 0 Å². The predicted octanol–water partition coefficient (Wildman–Crippen LogP) is 2.19. The lowest BCUT2D eigenvalue weighted by Gasteiger charge is -2.21. The van der Waals surface area contributed by atoms with Crippen LogP contribution in [0.2, 0.25) is 0 Å². The van der Waals surface area contributed by atoms with Gasteiger partial charge < -0.3 is 10.4 Å². The minimum absolute atomic E-state index is 0.0672. The number of hydrogen-bond donors (Lipinski definition) is 2. The van der Waals surface area contributed by atoms with Gasteiger partial charge in [0, 0.05) is 19.2 Å². The molecule has 1 rings (SSSR count). The number of rotatable bonds is 6. The van der Waals surface area contributed by atoms with Crippen molar-refractivity contribution in [2.24, 2.45) is 5.92 Å². The van der Waals surface area contributed by atoms with Gasteiger partial charge in [-0.3, -0.25) is 0 Å². The zero-order chi connectivity index (χ0) is 13.5. The summed E-state index contributed by atoms with van der Waals surface area (Å²) in [5, 5.41) is 21.0. The molecule has 0 aliphatic heterocycles. The summed E-state index contributed by atoms with van der Waals surface area (Å²) in [4.78, 5) is 0. The molecule has 1 atom stereocenters. The highest BCUT2D eigenvalue weighted by Gasteiger charge is 2.12. The molecule has 0 heterocycles. The number of aliphatic hydroxyl groups excluding tert-OH is 1. The van der Waals surface area contributed by atoms with Crippen LogP contribution in [0.5, 0.6) is 0 Å². The number of halogens is 1. The van der Waals surface area contributed by atoms with Gasteiger partial charge in [0.05, 0.1) is 5.56 Å². The van der Waals surface area contributed by atoms with E-state index in [1.807, 2.05) is 6.07 Å². The van der Waals surface area contributed by atoms with E-state index in [-0.39, 0.29) is 18.2 Å². The Balaban J connectivity index is 2.65. The molecule has 0 unspecified atom stereocenters. The molecule has 0 spiro atoms. The Morgan fingerprint density at radius 1 is 1.44 bits per heavy atom. The fraction of sp³-hybridized carbons (Fsp3) is 0.500. The normalized spacial score (nSPS) is 12.4. The fourth-order valence-electron chi connectivity index (χ4n) is 1.83. The van der Waals surface area contributed by atoms with Crippen molar-refractivity contribution in [3.05, 3.63) is 35.1 Å². The maximum absolute atomic E-state index is 13.1. The molecular weight excluding hydrogens is 231 g/mol. The largest absolute Gasteiger partial charge is 0.396 e. The predicted molar refractivity (Wildman–Crippen MR) is 68.3 cm³/mol. The van der Waals surface area contributed by atoms with Crippen LogP contribution >= 0.6 is 0 Å². The molecule has 1 aromatic carbocycles. The van der Waals surface area contributed by atoms with E-state index in [0.717, 1.165) is 5.56 Å². The van der Waals surface area contributed by atoms with Crippen LogP contribution in [0.3, 0.4) is 0 Å². The first-order valence-electron chi connectivity index (χ1n) is 6.11. The molecule has 0 aliphatic rings. The Hall–Kier alpha value is -1.44. The molecule has 0 bridgehead atoms. The summed E-state index contributed by atoms with van der Waals surface area (Å²) < 4.78 is 13.1. The molecular formula is C14H19FN2O. The summed E-state index contributed by atoms with van der Waals surface area (Å²) in [6.45, 7) is 4.87. The van der Waals surface area contributed by atoms with Crippen molar-refractivity contribution in [2.75, 3.05) is 6.61 Å². The third-order valence-electron chi connectivity index (χ3n) is 2.96. The van der Waals surface area contributed by atoms with Gasteiger partial charge in [-0.05, 0) is 30.0 Å². The summed E-state index contributed by atoms with van der Waals surface area (Å²) in [6, 6.07) is 6.57. The topological polar surface area (TPSA) is 56.0 Å². The molecule has 0 amide bonds. The van der Waals surface area contributed by atoms with Crippen LogP contribution in [0.15, 0.2) is 18.2 Å². The molecule has 18 heavy (non-hydrogen) atoms. The lowest BCUT2D eigenvalue weighted by molar-refractivity contribution is 0.244. The van der Waals surface area contributed by atoms with E-state index in [1.165, 1.54) is 6.07 Å². The van der Waals surface area contributed by atoms with Crippen molar-refractivity contribution in [2.45, 2.75) is 32.9 Å². The van der Waals surface area contributed by atoms with E-state index in [1.54, 1.807) is 12.1 Å². The Bertz CT molecular complexity index is 426. The smallest absolute Gasteiger partial charge is 0.140 e. The Kier molecular flexibility index (Phi) is 5.76. The first-order valence-corrected chi connectivity index (χ1v) is 6.11. The molecule has 2 N–H and O–H groups in total. The highest BCUT2D eigenvalue weighted by atomic mass is 19.1. The molecule has 0 fully saturated rings. The zero-order valence-corrected chi connectivity index (χ0v) is 10.8. The summed E-state index contributed by atoms with van der Waals surface area (Å²) in [6.07, 6.45) is 0.684. The molecule has 0 aliphatic carbocycles. The quantitative estimate of drug-likeness (QED) is 0.813. The van der Waals surface area contributed by atoms with Crippen LogP contribution in [-0.2, 0) is 6.54 Å². The first-order chi connectivity index (χ1) is 8.58. The number of nitrogens with one attached hydrogen (secondary N) is 1. The highest BCUT2D eigenvalue weighted by Crippen LogP contribution is 2.11. The van der Waals surface area contributed by atoms with Gasteiger partial charge in [0.1, 0.15) is 11.9 Å². The summed E-state index contributed by atoms with van der Waals surface area (Å²) in [7, 11) is 0. The van der Waals surface area contributed by atoms with Crippen LogP contribution in [0.25, 0.3) is 0 Å². The van der Waals surface area contributed by atoms with Gasteiger partial charge in [-0.2, -0.15) is 5.26 Å². The second kappa shape index (κ2) is 7.10. The molecule has 0 saturated heterocycles. The number of nitriles is 1. The minimum atomic E-state index is -0.489. The van der Waals surface area contributed by atoms with Gasteiger partial charge in [-0.25, -0.2) is 4.39 Å². The molecule has 98 valence electrons. The van der Waals surface area contributed by atoms with Crippen LogP contribution in [-0.4, -0.2) is 17.8 Å². The van der Waals surface area contributed by atoms with Gasteiger partial charge in [-0.1, -0.05) is 19.9 Å². The van der Waals surface area contributed by atoms with Crippen molar-refractivity contribution in [3.8, 4) is 6.07 Å². The van der Waals surface area contributed by atoms with Gasteiger partial charge >= 0.3 is 0 Å². The van der Waals surface area contributed by atoms with Crippen LogP contribution in [0.1, 0.15) is 31.4 Å². The van der Waals surface area contributed by atoms with Gasteiger partial charge in [-0.15, -0.1) is 0 Å². The molecule has 0 saturated carbocycles. The van der Waals surface area contributed by atoms with E-state index in [4.69, 9.17) is 10.4 Å². The lowest BCUT2D eigenvalue weighted by atomic mass is 10.0. The third-order valence-corrected chi connectivity index (χ3v) is 2.96. The van der Waals surface area contributed by atoms with Gasteiger partial charge in [0.2, 0.25) is 0 Å². The van der Waals surface area contributed by atoms with Crippen LogP contribution in [0.4, 0.5) is 4.39 Å². The Morgan fingerprint density at radius 3 is 2.72 bits per heavy atom. The van der Waals surface area contributed by atoms with Gasteiger partial charge in [0.25, 0.3) is 0 Å². The zero-order valence-electron chi connectivity index (χ0n) is 10.8. The van der Waals surface area contributed by atoms with Crippen molar-refractivity contribution < 1.29 is 9.50 Å². The van der Waals surface area contributed by atoms with Crippen LogP contribution < -0.4 is 5.32 Å². The van der Waals surface area contributed by atoms with E-state index < -0.39 is 5.82 Å². The standard InChI is InChI=1S/C14H19FN2O/c1-10(2)14(5-6-18)17-9-11-3-4-13(15)12(7-11)8-16/h3-4,7,10,14,17-18H,5-6,9H2,1-2H3/t14-/m1/s1. The SMILES string of the molecule is CC(C)[C@@H](CCO)NCc1ccc(F)c(C#N)c1. The van der Waals surface area contributed by atoms with Crippen molar-refractivity contribution >= 4 is 0 Å². The third kappa shape index (κ3) is 4.10. The van der Waals surface area contributed by atoms with Gasteiger partial charge in [0.15, 0.2) is 0 Å². The van der Waals surface area contributed by atoms with E-state index in [0.29, 0.717) is 18.9 Å². The summed E-state index contributed by atoms with van der Waals surface area (Å²) >= 11 is 0. The number of aliphatic hydroxyl groups is 1. The average Bonchev–Trinajstić information content (AvgIpc) is 2.35. The molecule has 4 heteroatoms. The lowest BCUT2D eigenvalue weighted by Crippen LogP contribution is -2.34. The summed E-state index contributed by atoms with van der Waals surface area (Å²) in [5.74, 6) is -0.0787. The Morgan fingerprint density at radius 2 is 2.17 bits per heavy atom. The highest BCUT2D eigenvalue weighted by molar-refractivity contribution is 5.34. The molecule has 0 aromatic heterocycles. The first kappa shape index (κ1) is 14.6. The van der Waals surface area contributed by atoms with Crippen molar-refractivity contribution in [1.29, 1.82) is 5.26 Å². The maximum atomic E-state index is 13.1. The number of benzene rings is 1. The van der Waals surface area contributed by atoms with Crippen molar-refractivity contribution in [1.82, 2.24) is 5.32 Å². The maximum Gasteiger partial charge on any atom is 0.140 e.